The van der Waals surface area contributed by atoms with Gasteiger partial charge in [0.1, 0.15) is 18.2 Å². The van der Waals surface area contributed by atoms with Crippen molar-refractivity contribution in [1.29, 1.82) is 0 Å². The van der Waals surface area contributed by atoms with E-state index in [2.05, 4.69) is 15.7 Å². The molecule has 3 atom stereocenters. The monoisotopic (exact) mass is 796 g/mol. The quantitative estimate of drug-likeness (QED) is 0.109. The average molecular weight is 797 g/mol. The van der Waals surface area contributed by atoms with Crippen LogP contribution in [0.1, 0.15) is 89.9 Å². The van der Waals surface area contributed by atoms with E-state index in [0.717, 1.165) is 5.01 Å². The van der Waals surface area contributed by atoms with Gasteiger partial charge in [0.25, 0.3) is 0 Å². The number of aliphatic hydroxyl groups excluding tert-OH is 1. The maximum absolute atomic E-state index is 14.4. The largest absolute Gasteiger partial charge is 0.480 e. The van der Waals surface area contributed by atoms with Crippen LogP contribution in [0, 0.1) is 5.41 Å². The van der Waals surface area contributed by atoms with Crippen LogP contribution in [-0.4, -0.2) is 85.8 Å². The molecule has 0 spiro atoms. The van der Waals surface area contributed by atoms with Crippen molar-refractivity contribution in [3.63, 3.8) is 0 Å². The summed E-state index contributed by atoms with van der Waals surface area (Å²) < 4.78 is 55.5. The second-order valence-electron chi connectivity index (χ2n) is 16.1. The normalized spacial score (nSPS) is 16.3. The molecule has 1 aromatic carbocycles. The third-order valence-corrected chi connectivity index (χ3v) is 9.72. The summed E-state index contributed by atoms with van der Waals surface area (Å²) in [5.74, 6) is -1.74. The van der Waals surface area contributed by atoms with Crippen LogP contribution in [-0.2, 0) is 32.0 Å². The summed E-state index contributed by atoms with van der Waals surface area (Å²) in [6.07, 6.45) is -3.73. The number of hydrazine groups is 1. The molecule has 0 radical (unpaired) electrons. The van der Waals surface area contributed by atoms with Crippen LogP contribution >= 0.6 is 0 Å². The van der Waals surface area contributed by atoms with Crippen LogP contribution in [0.2, 0.25) is 0 Å². The molecule has 0 saturated carbocycles. The fourth-order valence-electron chi connectivity index (χ4n) is 6.99. The van der Waals surface area contributed by atoms with Crippen LogP contribution in [0.4, 0.5) is 18.0 Å². The molecule has 0 bridgehead atoms. The molecule has 1 aliphatic heterocycles. The number of aliphatic hydroxyl groups is 1. The van der Waals surface area contributed by atoms with Gasteiger partial charge in [-0.25, -0.2) is 15.0 Å². The lowest BCUT2D eigenvalue weighted by Crippen LogP contribution is -2.56. The number of carbonyl (C=O) groups excluding carboxylic acids is 2. The maximum Gasteiger partial charge on any atom is 0.408 e. The number of nitrogens with zero attached hydrogens (tertiary/aromatic N) is 4. The molecular formula is C41H51F3N6O7. The molecule has 16 heteroatoms. The number of pyridine rings is 2. The van der Waals surface area contributed by atoms with Gasteiger partial charge in [-0.1, -0.05) is 26.0 Å². The lowest BCUT2D eigenvalue weighted by atomic mass is 9.84. The number of rotatable bonds is 13. The second-order valence-corrected chi connectivity index (χ2v) is 16.1. The van der Waals surface area contributed by atoms with Crippen molar-refractivity contribution in [1.82, 2.24) is 30.3 Å². The van der Waals surface area contributed by atoms with Gasteiger partial charge in [-0.15, -0.1) is 0 Å². The number of benzene rings is 1. The Balaban J connectivity index is 1.67. The first kappa shape index (κ1) is 43.1. The van der Waals surface area contributed by atoms with Crippen molar-refractivity contribution in [2.75, 3.05) is 20.3 Å². The van der Waals surface area contributed by atoms with Gasteiger partial charge in [0.05, 0.1) is 41.3 Å². The maximum atomic E-state index is 14.4. The summed E-state index contributed by atoms with van der Waals surface area (Å²) in [6, 6.07) is 11.2. The van der Waals surface area contributed by atoms with Gasteiger partial charge < -0.3 is 29.6 Å². The molecule has 1 unspecified atom stereocenters. The summed E-state index contributed by atoms with van der Waals surface area (Å²) in [7, 11) is 1.50. The number of nitrogens with one attached hydrogen (secondary N) is 2. The number of amides is 2. The number of carboxylic acids is 1. The predicted octanol–water partition coefficient (Wildman–Crippen LogP) is 7.13. The van der Waals surface area contributed by atoms with Crippen molar-refractivity contribution in [3.05, 3.63) is 71.7 Å². The van der Waals surface area contributed by atoms with Crippen molar-refractivity contribution >= 4 is 28.9 Å². The lowest BCUT2D eigenvalue weighted by Gasteiger charge is -2.34. The van der Waals surface area contributed by atoms with Crippen molar-refractivity contribution in [3.8, 4) is 22.5 Å². The number of alkyl halides is 3. The number of hydrogen-bond acceptors (Lipinski definition) is 9. The van der Waals surface area contributed by atoms with E-state index in [4.69, 9.17) is 14.5 Å². The van der Waals surface area contributed by atoms with E-state index in [1.807, 2.05) is 13.8 Å². The van der Waals surface area contributed by atoms with Gasteiger partial charge in [-0.05, 0) is 94.3 Å². The number of carboxylic acid groups (broad SMARTS) is 1. The molecule has 4 N–H and O–H groups in total. The van der Waals surface area contributed by atoms with Gasteiger partial charge in [-0.2, -0.15) is 13.2 Å². The number of aliphatic carboxylic acids is 1. The zero-order valence-electron chi connectivity index (χ0n) is 33.2. The number of aromatic nitrogens is 3. The Bertz CT molecular complexity index is 2100. The fourth-order valence-corrected chi connectivity index (χ4v) is 6.99. The van der Waals surface area contributed by atoms with Crippen molar-refractivity contribution in [2.24, 2.45) is 5.41 Å². The highest BCUT2D eigenvalue weighted by Crippen LogP contribution is 2.42. The number of methoxy groups -OCH3 is 1. The first-order valence-corrected chi connectivity index (χ1v) is 18.8. The average Bonchev–Trinajstić information content (AvgIpc) is 3.42. The van der Waals surface area contributed by atoms with Gasteiger partial charge in [0, 0.05) is 48.5 Å². The summed E-state index contributed by atoms with van der Waals surface area (Å²) in [4.78, 5) is 48.1. The van der Waals surface area contributed by atoms with Crippen LogP contribution in [0.25, 0.3) is 33.4 Å². The van der Waals surface area contributed by atoms with Crippen LogP contribution in [0.15, 0.2) is 54.7 Å². The van der Waals surface area contributed by atoms with Gasteiger partial charge in [0.15, 0.2) is 0 Å². The zero-order valence-corrected chi connectivity index (χ0v) is 33.2. The van der Waals surface area contributed by atoms with Crippen molar-refractivity contribution in [2.45, 2.75) is 104 Å². The van der Waals surface area contributed by atoms with E-state index < -0.39 is 59.9 Å². The number of fused-ring (bicyclic) bond motifs is 1. The minimum atomic E-state index is -4.59. The molecule has 13 nitrogen and oxygen atoms in total. The molecule has 1 fully saturated rings. The third-order valence-electron chi connectivity index (χ3n) is 9.72. The van der Waals surface area contributed by atoms with Crippen LogP contribution < -0.4 is 10.7 Å². The van der Waals surface area contributed by atoms with E-state index in [1.54, 1.807) is 82.4 Å². The van der Waals surface area contributed by atoms with E-state index >= 15 is 0 Å². The number of ether oxygens (including phenoxy) is 2. The Kier molecular flexibility index (Phi) is 13.0. The Morgan fingerprint density at radius 3 is 2.46 bits per heavy atom. The Labute approximate surface area is 329 Å². The number of halogens is 3. The minimum Gasteiger partial charge on any atom is -0.480 e. The molecule has 1 aliphatic rings. The second kappa shape index (κ2) is 17.2. The zero-order chi connectivity index (χ0) is 41.9. The van der Waals surface area contributed by atoms with E-state index in [1.165, 1.54) is 11.7 Å². The highest BCUT2D eigenvalue weighted by atomic mass is 19.4. The topological polar surface area (TPSA) is 168 Å². The summed E-state index contributed by atoms with van der Waals surface area (Å²) >= 11 is 0. The summed E-state index contributed by atoms with van der Waals surface area (Å²) in [6.45, 7) is 9.36. The highest BCUT2D eigenvalue weighted by Gasteiger charge is 2.36. The van der Waals surface area contributed by atoms with Gasteiger partial charge in [0.2, 0.25) is 5.91 Å². The Morgan fingerprint density at radius 1 is 1.07 bits per heavy atom. The fraction of sp³-hybridized carbons (Fsp3) is 0.488. The molecule has 308 valence electrons. The molecular weight excluding hydrogens is 745 g/mol. The van der Waals surface area contributed by atoms with E-state index in [9.17, 15) is 37.8 Å². The molecule has 0 aliphatic carbocycles. The smallest absolute Gasteiger partial charge is 0.408 e. The molecule has 3 aromatic heterocycles. The molecule has 1 saturated heterocycles. The molecule has 4 heterocycles. The van der Waals surface area contributed by atoms with Gasteiger partial charge in [-0.3, -0.25) is 19.8 Å². The highest BCUT2D eigenvalue weighted by molar-refractivity contribution is 5.95. The Morgan fingerprint density at radius 2 is 1.81 bits per heavy atom. The third kappa shape index (κ3) is 10.5. The number of carbonyl (C=O) groups is 3. The standard InChI is InChI=1S/C41H51F3N6O7/c1-24(56-7)35-26(11-9-17-45-35)36-28(21-40(5,6)23-51)27-19-25(15-16-32(27)49(36)22-41(42,43)44)29-12-8-13-30(47-29)31(48-38(55)57-39(2,3)4)20-34(52)50-33(37(53)54)14-10-18-46-50/h8-9,11-13,15-17,19,24,31,33,46,51H,10,14,18,20-23H2,1-7H3,(H,48,55)(H,53,54)/t24-,31?,33-/m0/s1. The summed E-state index contributed by atoms with van der Waals surface area (Å²) in [5, 5.41) is 24.5. The summed E-state index contributed by atoms with van der Waals surface area (Å²) in [5.41, 5.74) is 4.56. The first-order valence-electron chi connectivity index (χ1n) is 18.8. The number of hydrogen-bond donors (Lipinski definition) is 4. The Hall–Kier alpha value is -5.06. The molecule has 57 heavy (non-hydrogen) atoms. The van der Waals surface area contributed by atoms with Crippen LogP contribution in [0.3, 0.4) is 0 Å². The molecule has 5 rings (SSSR count). The van der Waals surface area contributed by atoms with Gasteiger partial charge >= 0.3 is 18.2 Å². The minimum absolute atomic E-state index is 0.207. The van der Waals surface area contributed by atoms with E-state index in [0.29, 0.717) is 57.6 Å². The van der Waals surface area contributed by atoms with Crippen LogP contribution in [0.5, 0.6) is 0 Å². The van der Waals surface area contributed by atoms with Crippen molar-refractivity contribution < 1.29 is 47.2 Å². The van der Waals surface area contributed by atoms with E-state index in [-0.39, 0.29) is 31.6 Å². The molecule has 2 amide bonds. The first-order chi connectivity index (χ1) is 26.7. The predicted molar refractivity (Wildman–Crippen MR) is 207 cm³/mol. The lowest BCUT2D eigenvalue weighted by molar-refractivity contribution is -0.155. The number of alkyl carbamates (subject to hydrolysis) is 1. The molecule has 4 aromatic rings. The SMILES string of the molecule is CO[C@@H](C)c1ncccc1-c1c(CC(C)(C)CO)c2cc(-c3cccc(C(CC(=O)N4NCCC[C@H]4C(=O)O)NC(=O)OC(C)(C)C)n3)ccc2n1CC(F)(F)F.